The van der Waals surface area contributed by atoms with Gasteiger partial charge in [-0.2, -0.15) is 0 Å². The molecule has 21 heavy (non-hydrogen) atoms. The Bertz CT molecular complexity index is 408. The van der Waals surface area contributed by atoms with Gasteiger partial charge < -0.3 is 20.1 Å². The van der Waals surface area contributed by atoms with Crippen LogP contribution in [0.4, 0.5) is 11.4 Å². The number of ether oxygens (including phenoxy) is 1. The summed E-state index contributed by atoms with van der Waals surface area (Å²) in [6, 6.07) is 8.07. The second-order valence-corrected chi connectivity index (χ2v) is 6.22. The van der Waals surface area contributed by atoms with Gasteiger partial charge in [0.25, 0.3) is 0 Å². The minimum absolute atomic E-state index is 0.189. The second kappa shape index (κ2) is 8.90. The van der Waals surface area contributed by atoms with Crippen LogP contribution >= 0.6 is 0 Å². The van der Waals surface area contributed by atoms with Gasteiger partial charge >= 0.3 is 0 Å². The summed E-state index contributed by atoms with van der Waals surface area (Å²) in [5.41, 5.74) is 2.13. The number of nitrogens with zero attached hydrogens (tertiary/aromatic N) is 1. The topological polar surface area (TPSA) is 44.7 Å². The smallest absolute Gasteiger partial charge is 0.0945 e. The molecule has 0 spiro atoms. The molecule has 4 nitrogen and oxygen atoms in total. The van der Waals surface area contributed by atoms with Gasteiger partial charge in [0.1, 0.15) is 0 Å². The molecule has 120 valence electrons. The number of hydrogen-bond acceptors (Lipinski definition) is 4. The van der Waals surface area contributed by atoms with Crippen molar-refractivity contribution in [1.29, 1.82) is 0 Å². The molecule has 0 fully saturated rings. The molecule has 2 atom stereocenters. The van der Waals surface area contributed by atoms with Crippen molar-refractivity contribution in [3.05, 3.63) is 24.3 Å². The highest BCUT2D eigenvalue weighted by molar-refractivity contribution is 5.69. The van der Waals surface area contributed by atoms with Gasteiger partial charge in [-0.25, -0.2) is 0 Å². The van der Waals surface area contributed by atoms with Crippen LogP contribution in [0.5, 0.6) is 0 Å². The third-order valence-corrected chi connectivity index (χ3v) is 3.29. The Morgan fingerprint density at radius 3 is 2.48 bits per heavy atom. The monoisotopic (exact) mass is 294 g/mol. The molecule has 0 bridgehead atoms. The molecule has 0 radical (unpaired) electrons. The first kappa shape index (κ1) is 17.8. The van der Waals surface area contributed by atoms with Crippen molar-refractivity contribution in [3.8, 4) is 0 Å². The largest absolute Gasteiger partial charge is 0.389 e. The number of aliphatic hydroxyl groups is 1. The fourth-order valence-electron chi connectivity index (χ4n) is 2.31. The van der Waals surface area contributed by atoms with Gasteiger partial charge in [0.2, 0.25) is 0 Å². The lowest BCUT2D eigenvalue weighted by molar-refractivity contribution is -0.00443. The zero-order chi connectivity index (χ0) is 15.8. The minimum Gasteiger partial charge on any atom is -0.389 e. The molecule has 4 heteroatoms. The lowest BCUT2D eigenvalue weighted by Gasteiger charge is -2.21. The number of anilines is 2. The number of hydrogen-bond donors (Lipinski definition) is 2. The molecule has 0 aromatic heterocycles. The van der Waals surface area contributed by atoms with Crippen LogP contribution in [0.2, 0.25) is 0 Å². The number of aliphatic hydroxyl groups excluding tert-OH is 1. The summed E-state index contributed by atoms with van der Waals surface area (Å²) in [4.78, 5) is 2.05. The van der Waals surface area contributed by atoms with E-state index >= 15 is 0 Å². The SMILES string of the molecule is CC(C)CC(C)OCC(O)CNc1ccccc1N(C)C. The predicted octanol–water partition coefficient (Wildman–Crippen LogP) is 2.98. The van der Waals surface area contributed by atoms with Crippen LogP contribution in [0.3, 0.4) is 0 Å². The van der Waals surface area contributed by atoms with Crippen molar-refractivity contribution in [2.75, 3.05) is 37.5 Å². The van der Waals surface area contributed by atoms with E-state index in [1.807, 2.05) is 32.3 Å². The zero-order valence-electron chi connectivity index (χ0n) is 14.0. The average Bonchev–Trinajstić information content (AvgIpc) is 2.42. The molecule has 1 rings (SSSR count). The molecule has 2 unspecified atom stereocenters. The van der Waals surface area contributed by atoms with Crippen LogP contribution in [0.15, 0.2) is 24.3 Å². The van der Waals surface area contributed by atoms with E-state index in [1.165, 1.54) is 0 Å². The Balaban J connectivity index is 2.38. The van der Waals surface area contributed by atoms with Crippen LogP contribution in [0.1, 0.15) is 27.2 Å². The Hall–Kier alpha value is -1.26. The van der Waals surface area contributed by atoms with Crippen molar-refractivity contribution in [3.63, 3.8) is 0 Å². The van der Waals surface area contributed by atoms with Gasteiger partial charge in [-0.05, 0) is 31.4 Å². The molecule has 0 amide bonds. The maximum Gasteiger partial charge on any atom is 0.0945 e. The normalized spacial score (nSPS) is 14.0. The Morgan fingerprint density at radius 1 is 1.19 bits per heavy atom. The van der Waals surface area contributed by atoms with Crippen molar-refractivity contribution < 1.29 is 9.84 Å². The summed E-state index contributed by atoms with van der Waals surface area (Å²) in [6.45, 7) is 7.26. The van der Waals surface area contributed by atoms with Crippen LogP contribution < -0.4 is 10.2 Å². The Morgan fingerprint density at radius 2 is 1.86 bits per heavy atom. The molecule has 1 aromatic carbocycles. The Labute approximate surface area is 129 Å². The lowest BCUT2D eigenvalue weighted by Crippen LogP contribution is -2.28. The van der Waals surface area contributed by atoms with Crippen molar-refractivity contribution in [2.45, 2.75) is 39.4 Å². The van der Waals surface area contributed by atoms with Gasteiger partial charge in [-0.1, -0.05) is 26.0 Å². The summed E-state index contributed by atoms with van der Waals surface area (Å²) in [6.07, 6.45) is 0.701. The van der Waals surface area contributed by atoms with Crippen molar-refractivity contribution in [2.24, 2.45) is 5.92 Å². The summed E-state index contributed by atoms with van der Waals surface area (Å²) < 4.78 is 5.68. The van der Waals surface area contributed by atoms with E-state index in [1.54, 1.807) is 0 Å². The van der Waals surface area contributed by atoms with E-state index in [9.17, 15) is 5.11 Å². The standard InChI is InChI=1S/C17H30N2O2/c1-13(2)10-14(3)21-12-15(20)11-18-16-8-6-7-9-17(16)19(4)5/h6-9,13-15,18,20H,10-12H2,1-5H3. The van der Waals surface area contributed by atoms with E-state index in [-0.39, 0.29) is 6.10 Å². The maximum absolute atomic E-state index is 10.0. The highest BCUT2D eigenvalue weighted by Gasteiger charge is 2.10. The van der Waals surface area contributed by atoms with Gasteiger partial charge in [0, 0.05) is 20.6 Å². The Kier molecular flexibility index (Phi) is 7.54. The third-order valence-electron chi connectivity index (χ3n) is 3.29. The molecule has 0 saturated carbocycles. The van der Waals surface area contributed by atoms with E-state index < -0.39 is 6.10 Å². The lowest BCUT2D eigenvalue weighted by atomic mass is 10.1. The van der Waals surface area contributed by atoms with E-state index in [0.717, 1.165) is 17.8 Å². The van der Waals surface area contributed by atoms with Gasteiger partial charge in [-0.15, -0.1) is 0 Å². The molecule has 0 heterocycles. The summed E-state index contributed by atoms with van der Waals surface area (Å²) >= 11 is 0. The molecular formula is C17H30N2O2. The average molecular weight is 294 g/mol. The summed E-state index contributed by atoms with van der Waals surface area (Å²) in [7, 11) is 4.02. The molecule has 0 aliphatic heterocycles. The molecule has 2 N–H and O–H groups in total. The van der Waals surface area contributed by atoms with Crippen LogP contribution in [-0.4, -0.2) is 44.6 Å². The van der Waals surface area contributed by atoms with Gasteiger partial charge in [0.05, 0.1) is 30.2 Å². The summed E-state index contributed by atoms with van der Waals surface area (Å²) in [5, 5.41) is 13.3. The van der Waals surface area contributed by atoms with Crippen molar-refractivity contribution in [1.82, 2.24) is 0 Å². The van der Waals surface area contributed by atoms with Gasteiger partial charge in [-0.3, -0.25) is 0 Å². The molecule has 0 aliphatic carbocycles. The summed E-state index contributed by atoms with van der Waals surface area (Å²) in [5.74, 6) is 0.613. The van der Waals surface area contributed by atoms with E-state index in [0.29, 0.717) is 19.1 Å². The number of rotatable bonds is 9. The first-order valence-electron chi connectivity index (χ1n) is 7.70. The van der Waals surface area contributed by atoms with E-state index in [4.69, 9.17) is 4.74 Å². The fraction of sp³-hybridized carbons (Fsp3) is 0.647. The number of nitrogens with one attached hydrogen (secondary N) is 1. The molecular weight excluding hydrogens is 264 g/mol. The van der Waals surface area contributed by atoms with Crippen molar-refractivity contribution >= 4 is 11.4 Å². The maximum atomic E-state index is 10.0. The molecule has 0 aliphatic rings. The number of benzene rings is 1. The van der Waals surface area contributed by atoms with Gasteiger partial charge in [0.15, 0.2) is 0 Å². The van der Waals surface area contributed by atoms with E-state index in [2.05, 4.69) is 37.1 Å². The number of para-hydroxylation sites is 2. The fourth-order valence-corrected chi connectivity index (χ4v) is 2.31. The first-order chi connectivity index (χ1) is 9.90. The highest BCUT2D eigenvalue weighted by Crippen LogP contribution is 2.23. The van der Waals surface area contributed by atoms with Crippen LogP contribution in [0.25, 0.3) is 0 Å². The van der Waals surface area contributed by atoms with Crippen LogP contribution in [-0.2, 0) is 4.74 Å². The van der Waals surface area contributed by atoms with Crippen LogP contribution in [0, 0.1) is 5.92 Å². The quantitative estimate of drug-likeness (QED) is 0.735. The predicted molar refractivity (Wildman–Crippen MR) is 90.1 cm³/mol. The molecule has 0 saturated heterocycles. The second-order valence-electron chi connectivity index (χ2n) is 6.22. The molecule has 1 aromatic rings. The third kappa shape index (κ3) is 6.82. The zero-order valence-corrected chi connectivity index (χ0v) is 14.0. The highest BCUT2D eigenvalue weighted by atomic mass is 16.5. The minimum atomic E-state index is -0.505. The first-order valence-corrected chi connectivity index (χ1v) is 7.70.